The molecule has 2 aromatic rings. The number of hydrogen-bond donors (Lipinski definition) is 1. The Bertz CT molecular complexity index is 480. The Hall–Kier alpha value is -1.69. The van der Waals surface area contributed by atoms with E-state index in [4.69, 9.17) is 0 Å². The van der Waals surface area contributed by atoms with E-state index in [0.717, 1.165) is 24.6 Å². The van der Waals surface area contributed by atoms with Crippen molar-refractivity contribution in [3.05, 3.63) is 18.7 Å². The zero-order valence-corrected chi connectivity index (χ0v) is 10.5. The highest BCUT2D eigenvalue weighted by Gasteiger charge is 2.12. The normalized spacial score (nSPS) is 12.9. The summed E-state index contributed by atoms with van der Waals surface area (Å²) >= 11 is 0. The zero-order valence-electron chi connectivity index (χ0n) is 10.5. The molecule has 17 heavy (non-hydrogen) atoms. The first kappa shape index (κ1) is 11.8. The van der Waals surface area contributed by atoms with Gasteiger partial charge in [-0.1, -0.05) is 6.92 Å². The fraction of sp³-hybridized carbons (Fsp3) is 0.545. The molecule has 6 nitrogen and oxygen atoms in total. The van der Waals surface area contributed by atoms with Crippen LogP contribution in [0.25, 0.3) is 5.65 Å². The summed E-state index contributed by atoms with van der Waals surface area (Å²) in [5.74, 6) is 1.42. The van der Waals surface area contributed by atoms with Crippen LogP contribution in [0.1, 0.15) is 6.92 Å². The highest BCUT2D eigenvalue weighted by atomic mass is 15.3. The highest BCUT2D eigenvalue weighted by Crippen LogP contribution is 2.15. The number of rotatable bonds is 5. The van der Waals surface area contributed by atoms with Gasteiger partial charge in [0, 0.05) is 26.0 Å². The van der Waals surface area contributed by atoms with Crippen molar-refractivity contribution in [3.8, 4) is 0 Å². The van der Waals surface area contributed by atoms with E-state index in [1.165, 1.54) is 0 Å². The van der Waals surface area contributed by atoms with Crippen LogP contribution in [0.4, 0.5) is 5.82 Å². The molecule has 92 valence electrons. The van der Waals surface area contributed by atoms with Gasteiger partial charge in [-0.2, -0.15) is 0 Å². The van der Waals surface area contributed by atoms with Gasteiger partial charge in [0.1, 0.15) is 6.33 Å². The number of fused-ring (bicyclic) bond motifs is 1. The van der Waals surface area contributed by atoms with Crippen molar-refractivity contribution in [1.29, 1.82) is 0 Å². The topological polar surface area (TPSA) is 58.4 Å². The summed E-state index contributed by atoms with van der Waals surface area (Å²) in [6.45, 7) is 4.12. The summed E-state index contributed by atoms with van der Waals surface area (Å²) in [5.41, 5.74) is 0.798. The third kappa shape index (κ3) is 2.52. The molecule has 1 unspecified atom stereocenters. The molecule has 0 saturated carbocycles. The smallest absolute Gasteiger partial charge is 0.203 e. The molecule has 1 N–H and O–H groups in total. The summed E-state index contributed by atoms with van der Waals surface area (Å²) in [5, 5.41) is 11.2. The SMILES string of the molecule is CNCC(C)CN(C)c1nccn2cnnc12. The van der Waals surface area contributed by atoms with Gasteiger partial charge < -0.3 is 10.2 Å². The molecule has 2 aromatic heterocycles. The van der Waals surface area contributed by atoms with E-state index in [2.05, 4.69) is 32.3 Å². The summed E-state index contributed by atoms with van der Waals surface area (Å²) in [6.07, 6.45) is 5.31. The molecule has 0 aliphatic carbocycles. The molecule has 0 saturated heterocycles. The van der Waals surface area contributed by atoms with E-state index < -0.39 is 0 Å². The largest absolute Gasteiger partial charge is 0.356 e. The van der Waals surface area contributed by atoms with Crippen molar-refractivity contribution in [3.63, 3.8) is 0 Å². The van der Waals surface area contributed by atoms with E-state index in [9.17, 15) is 0 Å². The van der Waals surface area contributed by atoms with E-state index in [1.54, 1.807) is 12.5 Å². The Morgan fingerprint density at radius 2 is 2.35 bits per heavy atom. The fourth-order valence-corrected chi connectivity index (χ4v) is 1.98. The van der Waals surface area contributed by atoms with Crippen molar-refractivity contribution < 1.29 is 0 Å². The number of nitrogens with one attached hydrogen (secondary N) is 1. The standard InChI is InChI=1S/C11H18N6/c1-9(6-12-2)7-16(3)10-11-15-14-8-17(11)5-4-13-10/h4-5,8-9,12H,6-7H2,1-3H3. The van der Waals surface area contributed by atoms with Gasteiger partial charge in [0.2, 0.25) is 5.65 Å². The lowest BCUT2D eigenvalue weighted by atomic mass is 10.1. The van der Waals surface area contributed by atoms with Crippen molar-refractivity contribution in [1.82, 2.24) is 24.9 Å². The van der Waals surface area contributed by atoms with Crippen LogP contribution >= 0.6 is 0 Å². The molecule has 2 heterocycles. The van der Waals surface area contributed by atoms with E-state index >= 15 is 0 Å². The molecule has 0 aromatic carbocycles. The van der Waals surface area contributed by atoms with Crippen LogP contribution in [-0.4, -0.2) is 46.8 Å². The third-order valence-corrected chi connectivity index (χ3v) is 2.70. The quantitative estimate of drug-likeness (QED) is 0.812. The average Bonchev–Trinajstić information content (AvgIpc) is 2.76. The lowest BCUT2D eigenvalue weighted by molar-refractivity contribution is 0.541. The predicted octanol–water partition coefficient (Wildman–Crippen LogP) is 0.416. The van der Waals surface area contributed by atoms with E-state index in [-0.39, 0.29) is 0 Å². The Morgan fingerprint density at radius 3 is 3.12 bits per heavy atom. The number of aromatic nitrogens is 4. The zero-order chi connectivity index (χ0) is 12.3. The minimum absolute atomic E-state index is 0.551. The molecule has 0 bridgehead atoms. The van der Waals surface area contributed by atoms with Crippen molar-refractivity contribution in [2.75, 3.05) is 32.1 Å². The lowest BCUT2D eigenvalue weighted by Crippen LogP contribution is -2.30. The average molecular weight is 234 g/mol. The van der Waals surface area contributed by atoms with E-state index in [0.29, 0.717) is 5.92 Å². The molecule has 1 atom stereocenters. The molecule has 0 aliphatic rings. The summed E-state index contributed by atoms with van der Waals surface area (Å²) < 4.78 is 1.88. The minimum atomic E-state index is 0.551. The monoisotopic (exact) mass is 234 g/mol. The van der Waals surface area contributed by atoms with Crippen LogP contribution < -0.4 is 10.2 Å². The number of anilines is 1. The summed E-state index contributed by atoms with van der Waals surface area (Å²) in [7, 11) is 4.00. The van der Waals surface area contributed by atoms with Crippen LogP contribution in [0.15, 0.2) is 18.7 Å². The molecule has 0 amide bonds. The molecule has 0 aliphatic heterocycles. The van der Waals surface area contributed by atoms with Crippen LogP contribution in [0.2, 0.25) is 0 Å². The molecular formula is C11H18N6. The molecule has 0 spiro atoms. The maximum absolute atomic E-state index is 4.37. The van der Waals surface area contributed by atoms with Crippen LogP contribution in [0, 0.1) is 5.92 Å². The number of nitrogens with zero attached hydrogens (tertiary/aromatic N) is 5. The second-order valence-corrected chi connectivity index (χ2v) is 4.36. The van der Waals surface area contributed by atoms with Crippen molar-refractivity contribution in [2.45, 2.75) is 6.92 Å². The van der Waals surface area contributed by atoms with Gasteiger partial charge in [0.25, 0.3) is 0 Å². The van der Waals surface area contributed by atoms with Crippen LogP contribution in [0.5, 0.6) is 0 Å². The number of hydrogen-bond acceptors (Lipinski definition) is 5. The molecular weight excluding hydrogens is 216 g/mol. The van der Waals surface area contributed by atoms with Gasteiger partial charge in [-0.05, 0) is 19.5 Å². The Labute approximate surface area is 101 Å². The summed E-state index contributed by atoms with van der Waals surface area (Å²) in [4.78, 5) is 6.49. The Kier molecular flexibility index (Phi) is 3.53. The van der Waals surface area contributed by atoms with Gasteiger partial charge in [0.05, 0.1) is 0 Å². The summed E-state index contributed by atoms with van der Waals surface area (Å²) in [6, 6.07) is 0. The van der Waals surface area contributed by atoms with Gasteiger partial charge in [0.15, 0.2) is 5.82 Å². The first-order valence-corrected chi connectivity index (χ1v) is 5.72. The third-order valence-electron chi connectivity index (χ3n) is 2.70. The van der Waals surface area contributed by atoms with Gasteiger partial charge in [-0.25, -0.2) is 4.98 Å². The second kappa shape index (κ2) is 5.09. The van der Waals surface area contributed by atoms with Crippen molar-refractivity contribution >= 4 is 11.5 Å². The lowest BCUT2D eigenvalue weighted by Gasteiger charge is -2.22. The maximum Gasteiger partial charge on any atom is 0.203 e. The van der Waals surface area contributed by atoms with Crippen molar-refractivity contribution in [2.24, 2.45) is 5.92 Å². The molecule has 6 heteroatoms. The predicted molar refractivity (Wildman–Crippen MR) is 67.1 cm³/mol. The first-order chi connectivity index (χ1) is 8.22. The Balaban J connectivity index is 2.18. The van der Waals surface area contributed by atoms with Gasteiger partial charge in [-0.15, -0.1) is 10.2 Å². The molecule has 0 radical (unpaired) electrons. The highest BCUT2D eigenvalue weighted by molar-refractivity contribution is 5.62. The first-order valence-electron chi connectivity index (χ1n) is 5.72. The molecule has 2 rings (SSSR count). The second-order valence-electron chi connectivity index (χ2n) is 4.36. The maximum atomic E-state index is 4.37. The van der Waals surface area contributed by atoms with Gasteiger partial charge >= 0.3 is 0 Å². The molecule has 0 fully saturated rings. The Morgan fingerprint density at radius 1 is 1.53 bits per heavy atom. The van der Waals surface area contributed by atoms with Gasteiger partial charge in [-0.3, -0.25) is 4.40 Å². The van der Waals surface area contributed by atoms with Crippen LogP contribution in [0.3, 0.4) is 0 Å². The fourth-order valence-electron chi connectivity index (χ4n) is 1.98. The van der Waals surface area contributed by atoms with E-state index in [1.807, 2.05) is 24.7 Å². The van der Waals surface area contributed by atoms with Crippen LogP contribution in [-0.2, 0) is 0 Å². The minimum Gasteiger partial charge on any atom is -0.356 e.